The summed E-state index contributed by atoms with van der Waals surface area (Å²) >= 11 is 0. The first kappa shape index (κ1) is 25.2. The summed E-state index contributed by atoms with van der Waals surface area (Å²) in [6.45, 7) is 2.18. The van der Waals surface area contributed by atoms with Crippen molar-refractivity contribution < 1.29 is 0 Å². The van der Waals surface area contributed by atoms with Crippen molar-refractivity contribution in [3.63, 3.8) is 0 Å². The summed E-state index contributed by atoms with van der Waals surface area (Å²) in [5, 5.41) is 0. The normalized spacial score (nSPS) is 11.3. The zero-order chi connectivity index (χ0) is 27.1. The molecule has 6 aromatic rings. The summed E-state index contributed by atoms with van der Waals surface area (Å²) in [4.78, 5) is 2.31. The highest BCUT2D eigenvalue weighted by Gasteiger charge is 2.13. The van der Waals surface area contributed by atoms with Crippen LogP contribution >= 0.6 is 0 Å². The van der Waals surface area contributed by atoms with Gasteiger partial charge in [0.15, 0.2) is 0 Å². The minimum absolute atomic E-state index is 1.13. The Morgan fingerprint density at radius 1 is 0.425 bits per heavy atom. The summed E-state index contributed by atoms with van der Waals surface area (Å²) < 4.78 is 0. The topological polar surface area (TPSA) is 3.24 Å². The molecule has 192 valence electrons. The maximum atomic E-state index is 2.31. The Morgan fingerprint density at radius 2 is 0.875 bits per heavy atom. The van der Waals surface area contributed by atoms with Gasteiger partial charge in [-0.2, -0.15) is 0 Å². The number of hydrogen-bond donors (Lipinski definition) is 0. The van der Waals surface area contributed by atoms with Gasteiger partial charge in [-0.3, -0.25) is 0 Å². The maximum absolute atomic E-state index is 2.31. The number of allylic oxidation sites excluding steroid dienone is 1. The summed E-state index contributed by atoms with van der Waals surface area (Å²) in [6, 6.07) is 58.0. The highest BCUT2D eigenvalue weighted by molar-refractivity contribution is 5.84. The molecule has 0 N–H and O–H groups in total. The Hall–Kier alpha value is -5.14. The lowest BCUT2D eigenvalue weighted by Crippen LogP contribution is -2.09. The second-order valence-electron chi connectivity index (χ2n) is 9.95. The van der Waals surface area contributed by atoms with E-state index in [0.717, 1.165) is 17.1 Å². The fourth-order valence-electron chi connectivity index (χ4n) is 5.10. The average molecular weight is 514 g/mol. The minimum atomic E-state index is 1.13. The largest absolute Gasteiger partial charge is 0.311 e. The molecule has 0 fully saturated rings. The summed E-state index contributed by atoms with van der Waals surface area (Å²) in [6.07, 6.45) is 2.26. The molecule has 0 aliphatic heterocycles. The predicted octanol–water partition coefficient (Wildman–Crippen LogP) is 11.1. The van der Waals surface area contributed by atoms with Crippen molar-refractivity contribution in [1.29, 1.82) is 0 Å². The van der Waals surface area contributed by atoms with Gasteiger partial charge < -0.3 is 4.90 Å². The second-order valence-corrected chi connectivity index (χ2v) is 9.95. The molecule has 1 nitrogen and oxygen atoms in total. The third-order valence-corrected chi connectivity index (χ3v) is 7.20. The fraction of sp³-hybridized carbons (Fsp3) is 0.0256. The van der Waals surface area contributed by atoms with Crippen molar-refractivity contribution in [2.75, 3.05) is 4.90 Å². The molecule has 0 saturated heterocycles. The lowest BCUT2D eigenvalue weighted by molar-refractivity contribution is 1.28. The molecular weight excluding hydrogens is 482 g/mol. The van der Waals surface area contributed by atoms with E-state index in [-0.39, 0.29) is 0 Å². The van der Waals surface area contributed by atoms with Crippen LogP contribution in [0.25, 0.3) is 33.9 Å². The number of benzene rings is 6. The van der Waals surface area contributed by atoms with Crippen molar-refractivity contribution in [1.82, 2.24) is 0 Å². The third-order valence-electron chi connectivity index (χ3n) is 7.20. The fourth-order valence-corrected chi connectivity index (χ4v) is 5.10. The van der Waals surface area contributed by atoms with E-state index >= 15 is 0 Å². The Morgan fingerprint density at radius 3 is 1.48 bits per heavy atom. The van der Waals surface area contributed by atoms with Gasteiger partial charge in [-0.15, -0.1) is 0 Å². The first-order chi connectivity index (χ1) is 19.7. The molecule has 0 aromatic heterocycles. The molecule has 0 aliphatic rings. The smallest absolute Gasteiger partial charge is 0.0462 e. The molecule has 6 rings (SSSR count). The van der Waals surface area contributed by atoms with Gasteiger partial charge in [0, 0.05) is 17.1 Å². The molecule has 0 atom stereocenters. The van der Waals surface area contributed by atoms with Gasteiger partial charge in [-0.05, 0) is 88.3 Å². The molecule has 0 unspecified atom stereocenters. The highest BCUT2D eigenvalue weighted by atomic mass is 15.1. The lowest BCUT2D eigenvalue weighted by atomic mass is 10.00. The van der Waals surface area contributed by atoms with E-state index < -0.39 is 0 Å². The van der Waals surface area contributed by atoms with Gasteiger partial charge in [0.1, 0.15) is 0 Å². The number of hydrogen-bond acceptors (Lipinski definition) is 1. The molecule has 40 heavy (non-hydrogen) atoms. The Balaban J connectivity index is 1.29. The molecule has 0 radical (unpaired) electrons. The number of para-hydroxylation sites is 1. The van der Waals surface area contributed by atoms with Crippen LogP contribution in [0.5, 0.6) is 0 Å². The number of anilines is 3. The molecule has 1 heteroatoms. The Bertz CT molecular complexity index is 1700. The molecule has 0 aliphatic carbocycles. The van der Waals surface area contributed by atoms with Gasteiger partial charge in [-0.25, -0.2) is 0 Å². The highest BCUT2D eigenvalue weighted by Crippen LogP contribution is 2.36. The standard InChI is InChI=1S/C39H31N/c1-30(28-31-12-11-17-36(29-31)34-15-7-3-8-16-34)32-20-24-38(25-21-32)40(37-18-9-4-10-19-37)39-26-22-35(23-27-39)33-13-5-2-6-14-33/h2-29H,1H3/b30-28-. The van der Waals surface area contributed by atoms with Crippen LogP contribution in [-0.2, 0) is 0 Å². The second kappa shape index (κ2) is 11.7. The van der Waals surface area contributed by atoms with Crippen molar-refractivity contribution in [3.05, 3.63) is 175 Å². The van der Waals surface area contributed by atoms with E-state index in [0.29, 0.717) is 0 Å². The van der Waals surface area contributed by atoms with Gasteiger partial charge in [0.05, 0.1) is 0 Å². The molecule has 0 heterocycles. The Kier molecular flexibility index (Phi) is 7.37. The van der Waals surface area contributed by atoms with E-state index in [9.17, 15) is 0 Å². The monoisotopic (exact) mass is 513 g/mol. The minimum Gasteiger partial charge on any atom is -0.311 e. The average Bonchev–Trinajstić information content (AvgIpc) is 3.03. The van der Waals surface area contributed by atoms with Crippen molar-refractivity contribution in [3.8, 4) is 22.3 Å². The summed E-state index contributed by atoms with van der Waals surface area (Å²) in [5.74, 6) is 0. The van der Waals surface area contributed by atoms with E-state index in [2.05, 4.69) is 182 Å². The Labute approximate surface area is 237 Å². The van der Waals surface area contributed by atoms with Crippen molar-refractivity contribution in [2.24, 2.45) is 0 Å². The van der Waals surface area contributed by atoms with Crippen molar-refractivity contribution >= 4 is 28.7 Å². The molecule has 6 aromatic carbocycles. The molecule has 0 amide bonds. The maximum Gasteiger partial charge on any atom is 0.0462 e. The van der Waals surface area contributed by atoms with E-state index in [1.165, 1.54) is 39.0 Å². The zero-order valence-electron chi connectivity index (χ0n) is 22.6. The first-order valence-corrected chi connectivity index (χ1v) is 13.7. The zero-order valence-corrected chi connectivity index (χ0v) is 22.6. The van der Waals surface area contributed by atoms with Gasteiger partial charge >= 0.3 is 0 Å². The van der Waals surface area contributed by atoms with Crippen LogP contribution in [0.4, 0.5) is 17.1 Å². The molecular formula is C39H31N. The number of nitrogens with zero attached hydrogens (tertiary/aromatic N) is 1. The molecule has 0 bridgehead atoms. The van der Waals surface area contributed by atoms with E-state index in [1.54, 1.807) is 0 Å². The number of rotatable bonds is 7. The predicted molar refractivity (Wildman–Crippen MR) is 172 cm³/mol. The lowest BCUT2D eigenvalue weighted by Gasteiger charge is -2.26. The van der Waals surface area contributed by atoms with Crippen LogP contribution in [0.1, 0.15) is 18.1 Å². The SMILES string of the molecule is C/C(=C/c1cccc(-c2ccccc2)c1)c1ccc(N(c2ccccc2)c2ccc(-c3ccccc3)cc2)cc1. The van der Waals surface area contributed by atoms with Crippen LogP contribution in [0, 0.1) is 0 Å². The van der Waals surface area contributed by atoms with Gasteiger partial charge in [0.2, 0.25) is 0 Å². The van der Waals surface area contributed by atoms with Crippen LogP contribution in [-0.4, -0.2) is 0 Å². The van der Waals surface area contributed by atoms with Crippen LogP contribution in [0.2, 0.25) is 0 Å². The van der Waals surface area contributed by atoms with Crippen LogP contribution in [0.3, 0.4) is 0 Å². The van der Waals surface area contributed by atoms with E-state index in [4.69, 9.17) is 0 Å². The molecule has 0 saturated carbocycles. The quantitative estimate of drug-likeness (QED) is 0.192. The summed E-state index contributed by atoms with van der Waals surface area (Å²) in [7, 11) is 0. The van der Waals surface area contributed by atoms with Gasteiger partial charge in [0.25, 0.3) is 0 Å². The van der Waals surface area contributed by atoms with Crippen LogP contribution in [0.15, 0.2) is 164 Å². The van der Waals surface area contributed by atoms with Crippen LogP contribution < -0.4 is 4.90 Å². The third kappa shape index (κ3) is 5.65. The van der Waals surface area contributed by atoms with E-state index in [1.807, 2.05) is 0 Å². The van der Waals surface area contributed by atoms with Gasteiger partial charge in [-0.1, -0.05) is 127 Å². The first-order valence-electron chi connectivity index (χ1n) is 13.7. The molecule has 0 spiro atoms. The van der Waals surface area contributed by atoms with Crippen molar-refractivity contribution in [2.45, 2.75) is 6.92 Å². The summed E-state index contributed by atoms with van der Waals surface area (Å²) in [5.41, 5.74) is 11.9.